The van der Waals surface area contributed by atoms with Crippen LogP contribution in [-0.4, -0.2) is 24.0 Å². The zero-order valence-corrected chi connectivity index (χ0v) is 17.6. The molecule has 5 nitrogen and oxygen atoms in total. The molecule has 1 fully saturated rings. The third-order valence-electron chi connectivity index (χ3n) is 5.37. The lowest BCUT2D eigenvalue weighted by Gasteiger charge is -2.11. The lowest BCUT2D eigenvalue weighted by atomic mass is 10.1. The molecule has 0 bridgehead atoms. The van der Waals surface area contributed by atoms with Crippen molar-refractivity contribution in [1.82, 2.24) is 10.3 Å². The van der Waals surface area contributed by atoms with E-state index in [9.17, 15) is 4.79 Å². The summed E-state index contributed by atoms with van der Waals surface area (Å²) in [5.41, 5.74) is 3.07. The number of fused-ring (bicyclic) bond motifs is 1. The molecule has 2 aromatic carbocycles. The van der Waals surface area contributed by atoms with Gasteiger partial charge >= 0.3 is 0 Å². The Morgan fingerprint density at radius 2 is 2.00 bits per heavy atom. The van der Waals surface area contributed by atoms with Crippen molar-refractivity contribution in [1.29, 1.82) is 0 Å². The van der Waals surface area contributed by atoms with Crippen LogP contribution in [0.3, 0.4) is 0 Å². The smallest absolute Gasteiger partial charge is 0.219 e. The Balaban J connectivity index is 1.39. The van der Waals surface area contributed by atoms with Crippen LogP contribution in [0, 0.1) is 12.8 Å². The average Bonchev–Trinajstić information content (AvgIpc) is 3.54. The van der Waals surface area contributed by atoms with E-state index in [0.29, 0.717) is 12.4 Å². The molecule has 1 aliphatic carbocycles. The van der Waals surface area contributed by atoms with Crippen LogP contribution in [0.5, 0.6) is 17.4 Å². The summed E-state index contributed by atoms with van der Waals surface area (Å²) in [6, 6.07) is 16.0. The topological polar surface area (TPSA) is 60.5 Å². The number of ether oxygens (including phenoxy) is 2. The third-order valence-corrected chi connectivity index (χ3v) is 5.37. The van der Waals surface area contributed by atoms with Gasteiger partial charge in [-0.05, 0) is 73.2 Å². The molecule has 1 amide bonds. The third kappa shape index (κ3) is 5.50. The van der Waals surface area contributed by atoms with Gasteiger partial charge in [0, 0.05) is 24.9 Å². The second kappa shape index (κ2) is 9.16. The molecule has 3 aromatic rings. The van der Waals surface area contributed by atoms with Gasteiger partial charge < -0.3 is 14.8 Å². The minimum Gasteiger partial charge on any atom is -0.494 e. The number of carbonyl (C=O) groups is 1. The van der Waals surface area contributed by atoms with E-state index in [2.05, 4.69) is 16.4 Å². The largest absolute Gasteiger partial charge is 0.494 e. The molecule has 1 N–H and O–H groups in total. The van der Waals surface area contributed by atoms with Gasteiger partial charge in [0.15, 0.2) is 0 Å². The van der Waals surface area contributed by atoms with Gasteiger partial charge in [0.2, 0.25) is 11.8 Å². The summed E-state index contributed by atoms with van der Waals surface area (Å²) in [6.07, 6.45) is 4.65. The fraction of sp³-hybridized carbons (Fsp3) is 0.360. The number of hydrogen-bond acceptors (Lipinski definition) is 4. The number of aromatic nitrogens is 1. The number of hydrogen-bond donors (Lipinski definition) is 1. The Hall–Kier alpha value is -3.08. The van der Waals surface area contributed by atoms with E-state index in [4.69, 9.17) is 9.47 Å². The predicted octanol–water partition coefficient (Wildman–Crippen LogP) is 5.19. The Kier molecular flexibility index (Phi) is 6.17. The van der Waals surface area contributed by atoms with Gasteiger partial charge in [-0.1, -0.05) is 18.9 Å². The van der Waals surface area contributed by atoms with E-state index in [1.165, 1.54) is 25.3 Å². The molecule has 0 unspecified atom stereocenters. The summed E-state index contributed by atoms with van der Waals surface area (Å²) in [5.74, 6) is 3.11. The van der Waals surface area contributed by atoms with E-state index in [-0.39, 0.29) is 5.91 Å². The maximum absolute atomic E-state index is 11.0. The van der Waals surface area contributed by atoms with Gasteiger partial charge in [0.25, 0.3) is 0 Å². The van der Waals surface area contributed by atoms with E-state index >= 15 is 0 Å². The number of pyridine rings is 1. The maximum atomic E-state index is 11.0. The number of rotatable bonds is 9. The minimum absolute atomic E-state index is 0.00704. The molecule has 156 valence electrons. The molecule has 4 rings (SSSR count). The van der Waals surface area contributed by atoms with Gasteiger partial charge in [0.1, 0.15) is 11.5 Å². The highest BCUT2D eigenvalue weighted by Crippen LogP contribution is 2.33. The lowest BCUT2D eigenvalue weighted by molar-refractivity contribution is -0.118. The van der Waals surface area contributed by atoms with Crippen LogP contribution in [0.25, 0.3) is 10.9 Å². The highest BCUT2D eigenvalue weighted by atomic mass is 16.5. The van der Waals surface area contributed by atoms with Crippen molar-refractivity contribution in [3.63, 3.8) is 0 Å². The summed E-state index contributed by atoms with van der Waals surface area (Å²) in [4.78, 5) is 15.6. The standard InChI is InChI=1S/C25H28N2O3/c1-17-15-22(29-14-12-19-3-4-19)7-9-24(17)30-25-10-6-21-16-20(5-8-23(21)27-25)11-13-26-18(2)28/h5-10,15-16,19H,3-4,11-14H2,1-2H3,(H,26,28). The quantitative estimate of drug-likeness (QED) is 0.533. The molecular formula is C25H28N2O3. The molecule has 5 heteroatoms. The molecule has 0 radical (unpaired) electrons. The van der Waals surface area contributed by atoms with Crippen LogP contribution in [0.4, 0.5) is 0 Å². The molecule has 1 aliphatic rings. The molecule has 0 atom stereocenters. The number of carbonyl (C=O) groups excluding carboxylic acids is 1. The molecule has 1 aromatic heterocycles. The summed E-state index contributed by atoms with van der Waals surface area (Å²) in [7, 11) is 0. The van der Waals surface area contributed by atoms with E-state index < -0.39 is 0 Å². The van der Waals surface area contributed by atoms with Crippen molar-refractivity contribution in [3.8, 4) is 17.4 Å². The SMILES string of the molecule is CC(=O)NCCc1ccc2nc(Oc3ccc(OCCC4CC4)cc3C)ccc2c1. The fourth-order valence-electron chi connectivity index (χ4n) is 3.44. The van der Waals surface area contributed by atoms with Crippen LogP contribution in [0.1, 0.15) is 37.3 Å². The summed E-state index contributed by atoms with van der Waals surface area (Å²) in [5, 5.41) is 3.88. The van der Waals surface area contributed by atoms with Crippen molar-refractivity contribution in [3.05, 3.63) is 59.7 Å². The molecule has 1 saturated carbocycles. The zero-order valence-electron chi connectivity index (χ0n) is 17.6. The zero-order chi connectivity index (χ0) is 20.9. The van der Waals surface area contributed by atoms with Gasteiger partial charge in [-0.3, -0.25) is 4.79 Å². The van der Waals surface area contributed by atoms with Crippen LogP contribution < -0.4 is 14.8 Å². The van der Waals surface area contributed by atoms with Crippen LogP contribution >= 0.6 is 0 Å². The number of amides is 1. The molecule has 0 spiro atoms. The Morgan fingerprint density at radius 1 is 1.13 bits per heavy atom. The molecular weight excluding hydrogens is 376 g/mol. The minimum atomic E-state index is -0.00704. The summed E-state index contributed by atoms with van der Waals surface area (Å²) >= 11 is 0. The normalized spacial score (nSPS) is 13.3. The average molecular weight is 405 g/mol. The van der Waals surface area contributed by atoms with Crippen molar-refractivity contribution < 1.29 is 14.3 Å². The van der Waals surface area contributed by atoms with E-state index in [0.717, 1.165) is 53.3 Å². The highest BCUT2D eigenvalue weighted by Gasteiger charge is 2.20. The number of aryl methyl sites for hydroxylation is 1. The number of benzene rings is 2. The van der Waals surface area contributed by atoms with Gasteiger partial charge in [-0.15, -0.1) is 0 Å². The molecule has 0 saturated heterocycles. The second-order valence-electron chi connectivity index (χ2n) is 8.02. The number of nitrogens with one attached hydrogen (secondary N) is 1. The molecule has 30 heavy (non-hydrogen) atoms. The number of nitrogens with zero attached hydrogens (tertiary/aromatic N) is 1. The van der Waals surface area contributed by atoms with E-state index in [1.807, 2.05) is 49.4 Å². The van der Waals surface area contributed by atoms with Crippen molar-refractivity contribution in [2.75, 3.05) is 13.2 Å². The van der Waals surface area contributed by atoms with Gasteiger partial charge in [-0.2, -0.15) is 0 Å². The fourth-order valence-corrected chi connectivity index (χ4v) is 3.44. The first-order valence-corrected chi connectivity index (χ1v) is 10.6. The maximum Gasteiger partial charge on any atom is 0.219 e. The van der Waals surface area contributed by atoms with Crippen molar-refractivity contribution in [2.45, 2.75) is 39.5 Å². The van der Waals surface area contributed by atoms with Crippen molar-refractivity contribution >= 4 is 16.8 Å². The Morgan fingerprint density at radius 3 is 2.77 bits per heavy atom. The first kappa shape index (κ1) is 20.2. The Labute approximate surface area is 177 Å². The predicted molar refractivity (Wildman–Crippen MR) is 118 cm³/mol. The van der Waals surface area contributed by atoms with Crippen LogP contribution in [-0.2, 0) is 11.2 Å². The molecule has 1 heterocycles. The molecule has 0 aliphatic heterocycles. The first-order valence-electron chi connectivity index (χ1n) is 10.6. The first-order chi connectivity index (χ1) is 14.6. The lowest BCUT2D eigenvalue weighted by Crippen LogP contribution is -2.22. The van der Waals surface area contributed by atoms with E-state index in [1.54, 1.807) is 0 Å². The van der Waals surface area contributed by atoms with Crippen LogP contribution in [0.2, 0.25) is 0 Å². The van der Waals surface area contributed by atoms with Gasteiger partial charge in [-0.25, -0.2) is 4.98 Å². The summed E-state index contributed by atoms with van der Waals surface area (Å²) in [6.45, 7) is 4.97. The monoisotopic (exact) mass is 404 g/mol. The highest BCUT2D eigenvalue weighted by molar-refractivity contribution is 5.80. The summed E-state index contributed by atoms with van der Waals surface area (Å²) < 4.78 is 11.9. The second-order valence-corrected chi connectivity index (χ2v) is 8.02. The van der Waals surface area contributed by atoms with Crippen molar-refractivity contribution in [2.24, 2.45) is 5.92 Å². The van der Waals surface area contributed by atoms with Gasteiger partial charge in [0.05, 0.1) is 12.1 Å². The Bertz CT molecular complexity index is 1040. The van der Waals surface area contributed by atoms with Crippen LogP contribution in [0.15, 0.2) is 48.5 Å².